The Morgan fingerprint density at radius 3 is 2.57 bits per heavy atom. The van der Waals surface area contributed by atoms with Crippen LogP contribution in [0.25, 0.3) is 10.8 Å². The first-order chi connectivity index (χ1) is 20.9. The number of hydrogen-bond acceptors (Lipinski definition) is 13. The first-order valence-electron chi connectivity index (χ1n) is 13.8. The Kier molecular flexibility index (Phi) is 7.25. The van der Waals surface area contributed by atoms with E-state index in [1.165, 1.54) is 25.3 Å². The van der Waals surface area contributed by atoms with E-state index in [1.54, 1.807) is 6.92 Å². The molecule has 0 aromatic heterocycles. The number of methoxy groups -OCH3 is 1. The highest BCUT2D eigenvalue weighted by molar-refractivity contribution is 5.89. The van der Waals surface area contributed by atoms with Gasteiger partial charge in [-0.15, -0.1) is 0 Å². The maximum atomic E-state index is 14.0. The third-order valence-corrected chi connectivity index (χ3v) is 8.83. The minimum Gasteiger partial charge on any atom is -0.496 e. The van der Waals surface area contributed by atoms with Crippen LogP contribution in [0.5, 0.6) is 5.75 Å². The van der Waals surface area contributed by atoms with Gasteiger partial charge in [0, 0.05) is 35.8 Å². The molecule has 15 heteroatoms. The summed E-state index contributed by atoms with van der Waals surface area (Å²) in [6.45, 7) is 0.377. The number of rotatable bonds is 5. The van der Waals surface area contributed by atoms with Crippen molar-refractivity contribution in [1.29, 1.82) is 0 Å². The molecule has 232 valence electrons. The highest BCUT2D eigenvalue weighted by Crippen LogP contribution is 2.40. The van der Waals surface area contributed by atoms with Crippen LogP contribution in [0.1, 0.15) is 37.0 Å². The van der Waals surface area contributed by atoms with Crippen molar-refractivity contribution in [3.8, 4) is 5.75 Å². The summed E-state index contributed by atoms with van der Waals surface area (Å²) in [7, 11) is 1.30. The van der Waals surface area contributed by atoms with Gasteiger partial charge in [0.2, 0.25) is 5.43 Å². The summed E-state index contributed by atoms with van der Waals surface area (Å²) >= 11 is 0. The first-order valence-corrected chi connectivity index (χ1v) is 13.8. The lowest BCUT2D eigenvalue weighted by Gasteiger charge is -2.41. The maximum absolute atomic E-state index is 14.0. The van der Waals surface area contributed by atoms with Crippen LogP contribution in [0.15, 0.2) is 37.7 Å². The molecule has 6 atom stereocenters. The van der Waals surface area contributed by atoms with Crippen LogP contribution < -0.4 is 26.4 Å². The van der Waals surface area contributed by atoms with Crippen molar-refractivity contribution in [2.45, 2.75) is 62.4 Å². The molecule has 44 heavy (non-hydrogen) atoms. The van der Waals surface area contributed by atoms with E-state index in [0.717, 1.165) is 4.90 Å². The van der Waals surface area contributed by atoms with Gasteiger partial charge in [0.25, 0.3) is 0 Å². The van der Waals surface area contributed by atoms with Gasteiger partial charge in [-0.3, -0.25) is 24.1 Å². The number of carbonyl (C=O) groups is 2. The lowest BCUT2D eigenvalue weighted by molar-refractivity contribution is -0.246. The molecule has 0 spiro atoms. The molecule has 15 nitrogen and oxygen atoms in total. The second-order valence-corrected chi connectivity index (χ2v) is 11.2. The molecular formula is C29H28N2O13. The zero-order chi connectivity index (χ0) is 31.7. The highest BCUT2D eigenvalue weighted by Gasteiger charge is 2.50. The fourth-order valence-electron chi connectivity index (χ4n) is 6.78. The van der Waals surface area contributed by atoms with E-state index in [2.05, 4.69) is 5.16 Å². The molecular weight excluding hydrogens is 584 g/mol. The molecule has 0 bridgehead atoms. The standard InChI is InChI=1S/C29H28N2O13/c1-11-27-14(31(10-42-27)28(37)38)6-18(43-11)44-16-8-29(39,17(33)9-32)7-13-19(16)23(30-40)21-22(25(13)35)24(34)12-4-3-5-15(41-2)20(12)26(21)36/h3-5,11,14,16,18,27,32,39-40H,6-10H2,1-2H3,(H,37,38)/t11-,14?,16-,18-,27+,29-/m0/s1. The van der Waals surface area contributed by atoms with Gasteiger partial charge < -0.3 is 39.5 Å². The van der Waals surface area contributed by atoms with Gasteiger partial charge in [0.1, 0.15) is 36.1 Å². The van der Waals surface area contributed by atoms with E-state index in [-0.39, 0.29) is 40.8 Å². The molecule has 2 heterocycles. The third kappa shape index (κ3) is 4.30. The number of carboxylic acid groups (broad SMARTS) is 1. The van der Waals surface area contributed by atoms with Crippen molar-refractivity contribution in [3.63, 3.8) is 0 Å². The molecule has 1 aromatic rings. The summed E-state index contributed by atoms with van der Waals surface area (Å²) < 4.78 is 23.0. The number of ketones is 1. The summed E-state index contributed by atoms with van der Waals surface area (Å²) in [5.74, 6) is -0.981. The van der Waals surface area contributed by atoms with Gasteiger partial charge in [-0.05, 0) is 13.0 Å². The van der Waals surface area contributed by atoms with E-state index < -0.39 is 99.7 Å². The molecule has 5 aliphatic rings. The Labute approximate surface area is 246 Å². The van der Waals surface area contributed by atoms with Crippen molar-refractivity contribution in [2.75, 3.05) is 20.4 Å². The topological polar surface area (TPSA) is 219 Å². The Balaban J connectivity index is 1.60. The summed E-state index contributed by atoms with van der Waals surface area (Å²) in [6.07, 6.45) is -6.36. The molecule has 1 aromatic carbocycles. The largest absolute Gasteiger partial charge is 0.496 e. The zero-order valence-electron chi connectivity index (χ0n) is 23.5. The maximum Gasteiger partial charge on any atom is 0.409 e. The SMILES string of the molecule is COc1cccc2c(=O)c3c(=O)c4c(c(=NO)c=3c(=O)c12)[C@@H](O[C@H]1CC2[C@H](OCN2C(=O)O)[C@H](C)O1)C[C@](O)(C(=O)CO)C4. The minimum absolute atomic E-state index is 0.0394. The van der Waals surface area contributed by atoms with Crippen LogP contribution in [0, 0.1) is 10.4 Å². The highest BCUT2D eigenvalue weighted by atomic mass is 16.7. The van der Waals surface area contributed by atoms with E-state index in [9.17, 15) is 44.5 Å². The van der Waals surface area contributed by atoms with Crippen LogP contribution in [-0.4, -0.2) is 87.9 Å². The van der Waals surface area contributed by atoms with Gasteiger partial charge >= 0.3 is 6.09 Å². The van der Waals surface area contributed by atoms with Crippen LogP contribution in [0.2, 0.25) is 0 Å². The summed E-state index contributed by atoms with van der Waals surface area (Å²) in [4.78, 5) is 67.2. The van der Waals surface area contributed by atoms with Gasteiger partial charge in [0.15, 0.2) is 22.9 Å². The second kappa shape index (κ2) is 10.7. The van der Waals surface area contributed by atoms with Crippen LogP contribution in [-0.2, 0) is 25.4 Å². The van der Waals surface area contributed by atoms with Crippen molar-refractivity contribution < 1.29 is 49.1 Å². The number of amides is 1. The molecule has 3 aliphatic carbocycles. The molecule has 1 unspecified atom stereocenters. The van der Waals surface area contributed by atoms with Gasteiger partial charge in [-0.2, -0.15) is 0 Å². The predicted octanol–water partition coefficient (Wildman–Crippen LogP) is -1.04. The average molecular weight is 613 g/mol. The Bertz CT molecular complexity index is 1990. The average Bonchev–Trinajstić information content (AvgIpc) is 3.44. The number of Topliss-reactive ketones (excluding diaryl/α,β-unsaturated/α-hetero) is 1. The number of aliphatic hydroxyl groups excluding tert-OH is 1. The van der Waals surface area contributed by atoms with Gasteiger partial charge in [-0.1, -0.05) is 17.3 Å². The van der Waals surface area contributed by atoms with Gasteiger partial charge in [-0.25, -0.2) is 4.79 Å². The molecule has 4 N–H and O–H groups in total. The number of aliphatic hydroxyl groups is 2. The quantitative estimate of drug-likeness (QED) is 0.200. The summed E-state index contributed by atoms with van der Waals surface area (Å²) in [5.41, 5.74) is -5.47. The Morgan fingerprint density at radius 1 is 1.16 bits per heavy atom. The van der Waals surface area contributed by atoms with E-state index >= 15 is 0 Å². The molecule has 2 saturated heterocycles. The number of carbonyl (C=O) groups excluding carboxylic acids is 1. The molecule has 2 fully saturated rings. The molecule has 2 aliphatic heterocycles. The minimum atomic E-state index is -2.35. The number of fused-ring (bicyclic) bond motifs is 3. The van der Waals surface area contributed by atoms with E-state index in [1.807, 2.05) is 0 Å². The molecule has 0 saturated carbocycles. The lowest BCUT2D eigenvalue weighted by Crippen LogP contribution is -2.53. The van der Waals surface area contributed by atoms with Crippen molar-refractivity contribution in [2.24, 2.45) is 5.16 Å². The first kappa shape index (κ1) is 29.8. The molecule has 0 radical (unpaired) electrons. The molecule has 1 amide bonds. The normalized spacial score (nSPS) is 28.7. The smallest absolute Gasteiger partial charge is 0.409 e. The predicted molar refractivity (Wildman–Crippen MR) is 146 cm³/mol. The van der Waals surface area contributed by atoms with Crippen LogP contribution in [0.3, 0.4) is 0 Å². The fraction of sp³-hybridized carbons (Fsp3) is 0.448. The van der Waals surface area contributed by atoms with E-state index in [4.69, 9.17) is 18.9 Å². The van der Waals surface area contributed by atoms with E-state index in [0.29, 0.717) is 0 Å². The van der Waals surface area contributed by atoms with Crippen molar-refractivity contribution in [3.05, 3.63) is 75.8 Å². The number of nitrogens with zero attached hydrogens (tertiary/aromatic N) is 2. The van der Waals surface area contributed by atoms with Crippen molar-refractivity contribution >= 4 is 22.6 Å². The summed E-state index contributed by atoms with van der Waals surface area (Å²) in [5, 5.41) is 42.4. The molecule has 6 rings (SSSR count). The summed E-state index contributed by atoms with van der Waals surface area (Å²) in [6, 6.07) is 3.59. The van der Waals surface area contributed by atoms with Gasteiger partial charge in [0.05, 0.1) is 41.2 Å². The third-order valence-electron chi connectivity index (χ3n) is 8.83. The second-order valence-electron chi connectivity index (χ2n) is 11.2. The van der Waals surface area contributed by atoms with Crippen molar-refractivity contribution in [1.82, 2.24) is 4.90 Å². The fourth-order valence-corrected chi connectivity index (χ4v) is 6.78. The Morgan fingerprint density at radius 2 is 1.91 bits per heavy atom. The lowest BCUT2D eigenvalue weighted by atomic mass is 9.75. The van der Waals surface area contributed by atoms with Crippen LogP contribution >= 0.6 is 0 Å². The zero-order valence-corrected chi connectivity index (χ0v) is 23.5. The van der Waals surface area contributed by atoms with Crippen LogP contribution in [0.4, 0.5) is 4.79 Å². The number of ether oxygens (including phenoxy) is 4. The monoisotopic (exact) mass is 612 g/mol. The Hall–Kier alpha value is -4.28. The number of hydrogen-bond donors (Lipinski definition) is 4. The number of benzene rings is 1.